The normalized spacial score (nSPS) is 15.6. The van der Waals surface area contributed by atoms with Crippen molar-refractivity contribution in [3.8, 4) is 0 Å². The van der Waals surface area contributed by atoms with Crippen LogP contribution < -0.4 is 5.32 Å². The number of hydrogen-bond donors (Lipinski definition) is 1. The van der Waals surface area contributed by atoms with Crippen LogP contribution in [-0.2, 0) is 6.18 Å². The first-order chi connectivity index (χ1) is 12.9. The molecule has 1 aliphatic heterocycles. The lowest BCUT2D eigenvalue weighted by atomic mass is 10.2. The van der Waals surface area contributed by atoms with E-state index in [1.807, 2.05) is 0 Å². The Morgan fingerprint density at radius 2 is 1.85 bits per heavy atom. The van der Waals surface area contributed by atoms with Gasteiger partial charge in [0.2, 0.25) is 0 Å². The van der Waals surface area contributed by atoms with E-state index < -0.39 is 11.7 Å². The van der Waals surface area contributed by atoms with Gasteiger partial charge in [0.05, 0.1) is 17.4 Å². The molecule has 2 heterocycles. The van der Waals surface area contributed by atoms with Crippen LogP contribution in [-0.4, -0.2) is 53.4 Å². The van der Waals surface area contributed by atoms with E-state index in [0.717, 1.165) is 31.8 Å². The van der Waals surface area contributed by atoms with Crippen LogP contribution in [0.1, 0.15) is 23.0 Å². The second-order valence-corrected chi connectivity index (χ2v) is 6.36. The van der Waals surface area contributed by atoms with Crippen molar-refractivity contribution in [2.45, 2.75) is 13.1 Å². The summed E-state index contributed by atoms with van der Waals surface area (Å²) < 4.78 is 38.4. The van der Waals surface area contributed by atoms with E-state index in [4.69, 9.17) is 0 Å². The monoisotopic (exact) mass is 378 g/mol. The highest BCUT2D eigenvalue weighted by atomic mass is 19.4. The zero-order chi connectivity index (χ0) is 19.4. The molecule has 3 rings (SSSR count). The third-order valence-electron chi connectivity index (χ3n) is 4.57. The zero-order valence-electron chi connectivity index (χ0n) is 15.0. The van der Waals surface area contributed by atoms with Gasteiger partial charge < -0.3 is 15.1 Å². The molecule has 1 N–H and O–H groups in total. The Balaban J connectivity index is 1.65. The molecule has 0 unspecified atom stereocenters. The van der Waals surface area contributed by atoms with Crippen molar-refractivity contribution in [3.63, 3.8) is 0 Å². The Labute approximate surface area is 155 Å². The van der Waals surface area contributed by atoms with E-state index in [1.54, 1.807) is 23.1 Å². The van der Waals surface area contributed by atoms with Crippen molar-refractivity contribution >= 4 is 17.3 Å². The summed E-state index contributed by atoms with van der Waals surface area (Å²) >= 11 is 0. The van der Waals surface area contributed by atoms with Gasteiger partial charge in [-0.2, -0.15) is 13.2 Å². The van der Waals surface area contributed by atoms with Crippen LogP contribution in [0.3, 0.4) is 0 Å². The highest BCUT2D eigenvalue weighted by molar-refractivity contribution is 5.92. The molecule has 1 saturated heterocycles. The topological polar surface area (TPSA) is 48.5 Å². The zero-order valence-corrected chi connectivity index (χ0v) is 15.0. The van der Waals surface area contributed by atoms with Crippen LogP contribution >= 0.6 is 0 Å². The number of carbonyl (C=O) groups is 1. The number of amides is 1. The molecule has 1 aromatic carbocycles. The molecule has 144 valence electrons. The number of halogens is 3. The molecule has 0 aliphatic carbocycles. The highest BCUT2D eigenvalue weighted by Crippen LogP contribution is 2.31. The average Bonchev–Trinajstić information content (AvgIpc) is 2.68. The van der Waals surface area contributed by atoms with Gasteiger partial charge in [-0.25, -0.2) is 4.98 Å². The van der Waals surface area contributed by atoms with Gasteiger partial charge in [-0.3, -0.25) is 4.79 Å². The first-order valence-electron chi connectivity index (χ1n) is 8.79. The van der Waals surface area contributed by atoms with E-state index in [-0.39, 0.29) is 5.91 Å². The summed E-state index contributed by atoms with van der Waals surface area (Å²) in [6.07, 6.45) is -2.94. The maximum atomic E-state index is 12.8. The number of pyridine rings is 1. The Kier molecular flexibility index (Phi) is 5.65. The van der Waals surface area contributed by atoms with E-state index in [0.29, 0.717) is 30.2 Å². The summed E-state index contributed by atoms with van der Waals surface area (Å²) in [4.78, 5) is 20.7. The molecule has 5 nitrogen and oxygen atoms in total. The van der Waals surface area contributed by atoms with E-state index in [9.17, 15) is 18.0 Å². The van der Waals surface area contributed by atoms with Gasteiger partial charge in [0.15, 0.2) is 0 Å². The molecule has 1 aliphatic rings. The molecular formula is C19H21F3N4O. The van der Waals surface area contributed by atoms with Gasteiger partial charge in [0, 0.05) is 31.9 Å². The number of benzene rings is 1. The first kappa shape index (κ1) is 19.2. The summed E-state index contributed by atoms with van der Waals surface area (Å²) in [6, 6.07) is 8.16. The highest BCUT2D eigenvalue weighted by Gasteiger charge is 2.30. The van der Waals surface area contributed by atoms with Crippen LogP contribution in [0.15, 0.2) is 42.6 Å². The van der Waals surface area contributed by atoms with Gasteiger partial charge in [-0.15, -0.1) is 0 Å². The van der Waals surface area contributed by atoms with Gasteiger partial charge in [-0.05, 0) is 36.9 Å². The minimum absolute atomic E-state index is 0.128. The Bertz CT molecular complexity index is 784. The van der Waals surface area contributed by atoms with Gasteiger partial charge in [-0.1, -0.05) is 13.0 Å². The van der Waals surface area contributed by atoms with Crippen molar-refractivity contribution in [1.82, 2.24) is 14.8 Å². The summed E-state index contributed by atoms with van der Waals surface area (Å²) in [5, 5.41) is 2.88. The van der Waals surface area contributed by atoms with Crippen molar-refractivity contribution in [2.75, 3.05) is 38.0 Å². The molecule has 1 fully saturated rings. The van der Waals surface area contributed by atoms with E-state index in [2.05, 4.69) is 22.1 Å². The molecule has 2 aromatic rings. The van der Waals surface area contributed by atoms with Crippen LogP contribution in [0.5, 0.6) is 0 Å². The minimum atomic E-state index is -4.39. The molecule has 8 heteroatoms. The summed E-state index contributed by atoms with van der Waals surface area (Å²) in [5.41, 5.74) is 0.427. The number of anilines is 2. The number of carbonyl (C=O) groups excluding carboxylic acids is 1. The summed E-state index contributed by atoms with van der Waals surface area (Å²) in [5.74, 6) is -0.128. The molecular weight excluding hydrogens is 357 g/mol. The van der Waals surface area contributed by atoms with Gasteiger partial charge >= 0.3 is 6.18 Å². The Morgan fingerprint density at radius 3 is 2.44 bits per heavy atom. The van der Waals surface area contributed by atoms with Crippen LogP contribution in [0, 0.1) is 0 Å². The smallest absolute Gasteiger partial charge is 0.354 e. The van der Waals surface area contributed by atoms with Crippen molar-refractivity contribution < 1.29 is 18.0 Å². The molecule has 1 aromatic heterocycles. The van der Waals surface area contributed by atoms with E-state index in [1.165, 1.54) is 12.3 Å². The maximum Gasteiger partial charge on any atom is 0.416 e. The predicted octanol–water partition coefficient (Wildman–Crippen LogP) is 3.62. The Hall–Kier alpha value is -2.61. The van der Waals surface area contributed by atoms with Crippen LogP contribution in [0.2, 0.25) is 0 Å². The molecule has 27 heavy (non-hydrogen) atoms. The number of likely N-dealkylation sites (N-methyl/N-ethyl adjacent to an activating group) is 1. The summed E-state index contributed by atoms with van der Waals surface area (Å²) in [7, 11) is 0. The molecule has 0 radical (unpaired) electrons. The number of hydrogen-bond acceptors (Lipinski definition) is 4. The fourth-order valence-corrected chi connectivity index (χ4v) is 2.96. The predicted molar refractivity (Wildman–Crippen MR) is 97.0 cm³/mol. The molecule has 0 spiro atoms. The Morgan fingerprint density at radius 1 is 1.11 bits per heavy atom. The molecule has 0 bridgehead atoms. The fourth-order valence-electron chi connectivity index (χ4n) is 2.96. The van der Waals surface area contributed by atoms with Crippen molar-refractivity contribution in [2.24, 2.45) is 0 Å². The summed E-state index contributed by atoms with van der Waals surface area (Å²) in [6.45, 7) is 6.08. The first-order valence-corrected chi connectivity index (χ1v) is 8.79. The number of rotatable bonds is 4. The third-order valence-corrected chi connectivity index (χ3v) is 4.57. The standard InChI is InChI=1S/C19H21F3N4O/c1-2-25-8-10-26(11-9-25)18(27)17-7-6-16(13-23-17)24-15-5-3-4-14(12-15)19(20,21)22/h3-7,12-13,24H,2,8-11H2,1H3. The largest absolute Gasteiger partial charge is 0.416 e. The number of piperazine rings is 1. The maximum absolute atomic E-state index is 12.8. The number of alkyl halides is 3. The van der Waals surface area contributed by atoms with E-state index >= 15 is 0 Å². The lowest BCUT2D eigenvalue weighted by molar-refractivity contribution is -0.137. The van der Waals surface area contributed by atoms with Crippen LogP contribution in [0.25, 0.3) is 0 Å². The van der Waals surface area contributed by atoms with Gasteiger partial charge in [0.25, 0.3) is 5.91 Å². The third kappa shape index (κ3) is 4.77. The number of nitrogens with zero attached hydrogens (tertiary/aromatic N) is 3. The number of aromatic nitrogens is 1. The lowest BCUT2D eigenvalue weighted by Crippen LogP contribution is -2.48. The fraction of sp³-hybridized carbons (Fsp3) is 0.368. The average molecular weight is 378 g/mol. The molecule has 1 amide bonds. The van der Waals surface area contributed by atoms with Crippen molar-refractivity contribution in [3.05, 3.63) is 53.9 Å². The second kappa shape index (κ2) is 7.96. The molecule has 0 saturated carbocycles. The SMILES string of the molecule is CCN1CCN(C(=O)c2ccc(Nc3cccc(C(F)(F)F)c3)cn2)CC1. The second-order valence-electron chi connectivity index (χ2n) is 6.36. The van der Waals surface area contributed by atoms with Crippen LogP contribution in [0.4, 0.5) is 24.5 Å². The lowest BCUT2D eigenvalue weighted by Gasteiger charge is -2.33. The van der Waals surface area contributed by atoms with Gasteiger partial charge in [0.1, 0.15) is 5.69 Å². The van der Waals surface area contributed by atoms with Crippen molar-refractivity contribution in [1.29, 1.82) is 0 Å². The molecule has 0 atom stereocenters. The quantitative estimate of drug-likeness (QED) is 0.883. The number of nitrogens with one attached hydrogen (secondary N) is 1. The minimum Gasteiger partial charge on any atom is -0.354 e.